The Bertz CT molecular complexity index is 427. The van der Waals surface area contributed by atoms with Gasteiger partial charge in [0.15, 0.2) is 0 Å². The molecule has 2 heterocycles. The summed E-state index contributed by atoms with van der Waals surface area (Å²) in [6, 6.07) is 3.45. The van der Waals surface area contributed by atoms with E-state index >= 15 is 0 Å². The third-order valence-corrected chi connectivity index (χ3v) is 3.08. The first-order valence-corrected chi connectivity index (χ1v) is 5.85. The fourth-order valence-electron chi connectivity index (χ4n) is 2.01. The Labute approximate surface area is 105 Å². The molecule has 18 heavy (non-hydrogen) atoms. The van der Waals surface area contributed by atoms with Crippen molar-refractivity contribution in [3.05, 3.63) is 24.5 Å². The number of anilines is 1. The second-order valence-corrected chi connectivity index (χ2v) is 4.27. The molecular formula is C12H15N3O3. The van der Waals surface area contributed by atoms with E-state index < -0.39 is 6.09 Å². The van der Waals surface area contributed by atoms with Crippen LogP contribution in [-0.2, 0) is 4.79 Å². The van der Waals surface area contributed by atoms with Crippen LogP contribution in [0.1, 0.15) is 12.8 Å². The molecule has 0 bridgehead atoms. The Morgan fingerprint density at radius 3 is 2.44 bits per heavy atom. The zero-order valence-corrected chi connectivity index (χ0v) is 9.87. The van der Waals surface area contributed by atoms with Gasteiger partial charge in [-0.25, -0.2) is 4.79 Å². The van der Waals surface area contributed by atoms with Gasteiger partial charge in [0, 0.05) is 37.1 Å². The Kier molecular flexibility index (Phi) is 3.76. The van der Waals surface area contributed by atoms with E-state index in [0.717, 1.165) is 5.69 Å². The van der Waals surface area contributed by atoms with Gasteiger partial charge in [0.05, 0.1) is 0 Å². The smallest absolute Gasteiger partial charge is 0.407 e. The molecule has 1 aliphatic rings. The highest BCUT2D eigenvalue weighted by atomic mass is 16.4. The molecule has 2 rings (SSSR count). The van der Waals surface area contributed by atoms with Gasteiger partial charge in [-0.05, 0) is 25.0 Å². The van der Waals surface area contributed by atoms with Gasteiger partial charge in [-0.1, -0.05) is 0 Å². The average molecular weight is 249 g/mol. The summed E-state index contributed by atoms with van der Waals surface area (Å²) in [6.07, 6.45) is 3.46. The minimum atomic E-state index is -0.914. The summed E-state index contributed by atoms with van der Waals surface area (Å²) < 4.78 is 0. The molecule has 0 spiro atoms. The van der Waals surface area contributed by atoms with E-state index in [4.69, 9.17) is 5.11 Å². The Hall–Kier alpha value is -2.11. The predicted molar refractivity (Wildman–Crippen MR) is 65.2 cm³/mol. The highest BCUT2D eigenvalue weighted by molar-refractivity contribution is 5.92. The first kappa shape index (κ1) is 12.3. The molecule has 1 aliphatic heterocycles. The van der Waals surface area contributed by atoms with Gasteiger partial charge in [0.25, 0.3) is 0 Å². The van der Waals surface area contributed by atoms with Gasteiger partial charge in [0.2, 0.25) is 5.91 Å². The summed E-state index contributed by atoms with van der Waals surface area (Å²) >= 11 is 0. The molecule has 0 unspecified atom stereocenters. The fourth-order valence-corrected chi connectivity index (χ4v) is 2.01. The van der Waals surface area contributed by atoms with Crippen molar-refractivity contribution in [1.29, 1.82) is 0 Å². The maximum atomic E-state index is 11.9. The minimum Gasteiger partial charge on any atom is -0.465 e. The maximum absolute atomic E-state index is 11.9. The van der Waals surface area contributed by atoms with Crippen molar-refractivity contribution in [2.45, 2.75) is 12.8 Å². The number of piperidine rings is 1. The lowest BCUT2D eigenvalue weighted by Gasteiger charge is -2.29. The van der Waals surface area contributed by atoms with Gasteiger partial charge >= 0.3 is 6.09 Å². The van der Waals surface area contributed by atoms with Crippen molar-refractivity contribution >= 4 is 17.7 Å². The van der Waals surface area contributed by atoms with Crippen molar-refractivity contribution in [2.75, 3.05) is 18.4 Å². The van der Waals surface area contributed by atoms with Crippen LogP contribution in [0.4, 0.5) is 10.5 Å². The highest BCUT2D eigenvalue weighted by Gasteiger charge is 2.26. The molecule has 2 N–H and O–H groups in total. The van der Waals surface area contributed by atoms with Gasteiger partial charge in [-0.3, -0.25) is 9.78 Å². The summed E-state index contributed by atoms with van der Waals surface area (Å²) in [5.41, 5.74) is 0.718. The molecule has 0 radical (unpaired) electrons. The topological polar surface area (TPSA) is 82.5 Å². The van der Waals surface area contributed by atoms with Crippen molar-refractivity contribution in [2.24, 2.45) is 5.92 Å². The lowest BCUT2D eigenvalue weighted by Crippen LogP contribution is -2.40. The number of amides is 2. The number of likely N-dealkylation sites (tertiary alicyclic amines) is 1. The second kappa shape index (κ2) is 5.48. The van der Waals surface area contributed by atoms with E-state index in [-0.39, 0.29) is 11.8 Å². The second-order valence-electron chi connectivity index (χ2n) is 4.27. The van der Waals surface area contributed by atoms with E-state index in [2.05, 4.69) is 10.3 Å². The molecule has 2 amide bonds. The van der Waals surface area contributed by atoms with E-state index in [0.29, 0.717) is 25.9 Å². The number of hydrogen-bond donors (Lipinski definition) is 2. The standard InChI is InChI=1S/C12H15N3O3/c16-11(14-10-1-5-13-6-2-10)9-3-7-15(8-4-9)12(17)18/h1-2,5-6,9H,3-4,7-8H2,(H,17,18)(H,13,14,16). The number of aromatic nitrogens is 1. The number of rotatable bonds is 2. The van der Waals surface area contributed by atoms with E-state index in [9.17, 15) is 9.59 Å². The lowest BCUT2D eigenvalue weighted by molar-refractivity contribution is -0.121. The molecule has 6 nitrogen and oxygen atoms in total. The van der Waals surface area contributed by atoms with Crippen molar-refractivity contribution in [3.8, 4) is 0 Å². The zero-order valence-electron chi connectivity index (χ0n) is 9.87. The molecule has 1 saturated heterocycles. The maximum Gasteiger partial charge on any atom is 0.407 e. The Morgan fingerprint density at radius 2 is 1.89 bits per heavy atom. The largest absolute Gasteiger partial charge is 0.465 e. The first-order valence-electron chi connectivity index (χ1n) is 5.85. The van der Waals surface area contributed by atoms with Gasteiger partial charge < -0.3 is 15.3 Å². The fraction of sp³-hybridized carbons (Fsp3) is 0.417. The van der Waals surface area contributed by atoms with Crippen LogP contribution in [0, 0.1) is 5.92 Å². The Balaban J connectivity index is 1.86. The first-order chi connectivity index (χ1) is 8.66. The average Bonchev–Trinajstić information content (AvgIpc) is 2.40. The van der Waals surface area contributed by atoms with Crippen LogP contribution >= 0.6 is 0 Å². The highest BCUT2D eigenvalue weighted by Crippen LogP contribution is 2.19. The molecule has 96 valence electrons. The molecule has 1 aromatic heterocycles. The number of hydrogen-bond acceptors (Lipinski definition) is 3. The van der Waals surface area contributed by atoms with Crippen LogP contribution in [0.25, 0.3) is 0 Å². The van der Waals surface area contributed by atoms with E-state index in [1.165, 1.54) is 4.90 Å². The van der Waals surface area contributed by atoms with Crippen molar-refractivity contribution < 1.29 is 14.7 Å². The van der Waals surface area contributed by atoms with Crippen LogP contribution in [0.15, 0.2) is 24.5 Å². The van der Waals surface area contributed by atoms with Crippen molar-refractivity contribution in [3.63, 3.8) is 0 Å². The molecule has 0 atom stereocenters. The molecule has 0 aliphatic carbocycles. The number of nitrogens with one attached hydrogen (secondary N) is 1. The van der Waals surface area contributed by atoms with Crippen LogP contribution in [-0.4, -0.2) is 40.1 Å². The van der Waals surface area contributed by atoms with Crippen molar-refractivity contribution in [1.82, 2.24) is 9.88 Å². The van der Waals surface area contributed by atoms with E-state index in [1.807, 2.05) is 0 Å². The molecule has 6 heteroatoms. The molecule has 0 aromatic carbocycles. The van der Waals surface area contributed by atoms with Gasteiger partial charge in [-0.15, -0.1) is 0 Å². The number of carboxylic acid groups (broad SMARTS) is 1. The molecular weight excluding hydrogens is 234 g/mol. The number of nitrogens with zero attached hydrogens (tertiary/aromatic N) is 2. The molecule has 0 saturated carbocycles. The van der Waals surface area contributed by atoms with Crippen LogP contribution in [0.2, 0.25) is 0 Å². The number of carbonyl (C=O) groups is 2. The van der Waals surface area contributed by atoms with Crippen LogP contribution in [0.3, 0.4) is 0 Å². The molecule has 1 fully saturated rings. The summed E-state index contributed by atoms with van der Waals surface area (Å²) in [7, 11) is 0. The quantitative estimate of drug-likeness (QED) is 0.830. The minimum absolute atomic E-state index is 0.0498. The number of carbonyl (C=O) groups excluding carboxylic acids is 1. The van der Waals surface area contributed by atoms with Crippen LogP contribution in [0.5, 0.6) is 0 Å². The SMILES string of the molecule is O=C(Nc1ccncc1)C1CCN(C(=O)O)CC1. The third kappa shape index (κ3) is 2.97. The van der Waals surface area contributed by atoms with Crippen LogP contribution < -0.4 is 5.32 Å². The lowest BCUT2D eigenvalue weighted by atomic mass is 9.96. The summed E-state index contributed by atoms with van der Waals surface area (Å²) in [5, 5.41) is 11.6. The monoisotopic (exact) mass is 249 g/mol. The molecule has 1 aromatic rings. The normalized spacial score (nSPS) is 16.3. The predicted octanol–water partition coefficient (Wildman–Crippen LogP) is 1.41. The Morgan fingerprint density at radius 1 is 1.28 bits per heavy atom. The zero-order chi connectivity index (χ0) is 13.0. The van der Waals surface area contributed by atoms with Gasteiger partial charge in [0.1, 0.15) is 0 Å². The van der Waals surface area contributed by atoms with Gasteiger partial charge in [-0.2, -0.15) is 0 Å². The third-order valence-electron chi connectivity index (χ3n) is 3.08. The number of pyridine rings is 1. The summed E-state index contributed by atoms with van der Waals surface area (Å²) in [4.78, 5) is 27.9. The summed E-state index contributed by atoms with van der Waals surface area (Å²) in [6.45, 7) is 0.841. The summed E-state index contributed by atoms with van der Waals surface area (Å²) in [5.74, 6) is -0.167. The van der Waals surface area contributed by atoms with E-state index in [1.54, 1.807) is 24.5 Å².